The van der Waals surface area contributed by atoms with E-state index in [1.165, 1.54) is 0 Å². The molecule has 1 heterocycles. The Morgan fingerprint density at radius 2 is 1.96 bits per heavy atom. The molecule has 0 unspecified atom stereocenters. The highest BCUT2D eigenvalue weighted by Gasteiger charge is 2.28. The molecular formula is C21H29ClO4. The van der Waals surface area contributed by atoms with Crippen molar-refractivity contribution in [1.82, 2.24) is 0 Å². The van der Waals surface area contributed by atoms with E-state index in [1.807, 2.05) is 51.1 Å². The summed E-state index contributed by atoms with van der Waals surface area (Å²) in [6.07, 6.45) is 2.78. The van der Waals surface area contributed by atoms with Crippen LogP contribution in [0.15, 0.2) is 46.5 Å². The molecule has 0 amide bonds. The predicted octanol–water partition coefficient (Wildman–Crippen LogP) is 3.99. The second kappa shape index (κ2) is 10.1. The highest BCUT2D eigenvalue weighted by atomic mass is 35.5. The lowest BCUT2D eigenvalue weighted by molar-refractivity contribution is -0.0974. The molecule has 1 saturated heterocycles. The molecule has 0 bridgehead atoms. The van der Waals surface area contributed by atoms with E-state index >= 15 is 0 Å². The van der Waals surface area contributed by atoms with Gasteiger partial charge in [0.1, 0.15) is 5.75 Å². The van der Waals surface area contributed by atoms with Crippen LogP contribution in [0, 0.1) is 0 Å². The summed E-state index contributed by atoms with van der Waals surface area (Å²) in [5, 5.41) is 20.1. The van der Waals surface area contributed by atoms with Gasteiger partial charge in [-0.15, -0.1) is 0 Å². The van der Waals surface area contributed by atoms with Gasteiger partial charge >= 0.3 is 0 Å². The number of halogens is 1. The first-order valence-electron chi connectivity index (χ1n) is 9.12. The summed E-state index contributed by atoms with van der Waals surface area (Å²) in [7, 11) is 0. The SMILES string of the molecule is CCOc1ccc(CC(/C=C(\C)[C@H]2C[C@@H](O)C[C@@H](CO)O2)=C(/C)Cl)cc1. The fraction of sp³-hybridized carbons (Fsp3) is 0.524. The highest BCUT2D eigenvalue weighted by molar-refractivity contribution is 6.29. The standard InChI is InChI=1S/C21H29ClO4/c1-4-25-19-7-5-16(6-8-19)10-17(15(3)22)9-14(2)21-12-18(24)11-20(13-23)26-21/h5-9,18,20-21,23-24H,4,10-13H2,1-3H3/b14-9+,17-15-/t18-,20-,21+/m0/s1. The van der Waals surface area contributed by atoms with Crippen molar-refractivity contribution in [3.05, 3.63) is 52.1 Å². The minimum absolute atomic E-state index is 0.0791. The molecule has 4 nitrogen and oxygen atoms in total. The van der Waals surface area contributed by atoms with Gasteiger partial charge in [0.2, 0.25) is 0 Å². The summed E-state index contributed by atoms with van der Waals surface area (Å²) in [6.45, 7) is 6.39. The van der Waals surface area contributed by atoms with Gasteiger partial charge in [0.25, 0.3) is 0 Å². The Kier molecular flexibility index (Phi) is 8.16. The highest BCUT2D eigenvalue weighted by Crippen LogP contribution is 2.27. The van der Waals surface area contributed by atoms with Crippen LogP contribution >= 0.6 is 11.6 Å². The molecule has 0 aliphatic carbocycles. The predicted molar refractivity (Wildman–Crippen MR) is 105 cm³/mol. The van der Waals surface area contributed by atoms with Crippen molar-refractivity contribution in [3.63, 3.8) is 0 Å². The van der Waals surface area contributed by atoms with Crippen molar-refractivity contribution in [2.45, 2.75) is 58.3 Å². The topological polar surface area (TPSA) is 58.9 Å². The van der Waals surface area contributed by atoms with E-state index in [0.717, 1.165) is 27.5 Å². The molecule has 0 radical (unpaired) electrons. The van der Waals surface area contributed by atoms with Crippen molar-refractivity contribution < 1.29 is 19.7 Å². The molecule has 1 aromatic rings. The van der Waals surface area contributed by atoms with Crippen LogP contribution in [-0.2, 0) is 11.2 Å². The molecule has 2 N–H and O–H groups in total. The first-order valence-corrected chi connectivity index (χ1v) is 9.50. The van der Waals surface area contributed by atoms with Crippen LogP contribution in [0.4, 0.5) is 0 Å². The summed E-state index contributed by atoms with van der Waals surface area (Å²) in [5.41, 5.74) is 3.16. The van der Waals surface area contributed by atoms with Crippen molar-refractivity contribution in [2.75, 3.05) is 13.2 Å². The zero-order valence-electron chi connectivity index (χ0n) is 15.7. The number of ether oxygens (including phenoxy) is 2. The maximum Gasteiger partial charge on any atom is 0.119 e. The molecule has 0 aromatic heterocycles. The van der Waals surface area contributed by atoms with Gasteiger partial charge in [0, 0.05) is 17.9 Å². The smallest absolute Gasteiger partial charge is 0.119 e. The average molecular weight is 381 g/mol. The normalized spacial score (nSPS) is 25.0. The van der Waals surface area contributed by atoms with Crippen molar-refractivity contribution in [1.29, 1.82) is 0 Å². The van der Waals surface area contributed by atoms with Crippen molar-refractivity contribution in [3.8, 4) is 5.75 Å². The van der Waals surface area contributed by atoms with Gasteiger partial charge in [-0.2, -0.15) is 0 Å². The van der Waals surface area contributed by atoms with E-state index < -0.39 is 6.10 Å². The maximum atomic E-state index is 10.0. The number of hydrogen-bond acceptors (Lipinski definition) is 4. The van der Waals surface area contributed by atoms with E-state index in [-0.39, 0.29) is 18.8 Å². The molecule has 5 heteroatoms. The molecule has 2 rings (SSSR count). The third-order valence-electron chi connectivity index (χ3n) is 4.56. The summed E-state index contributed by atoms with van der Waals surface area (Å²) in [5.74, 6) is 0.857. The molecule has 0 saturated carbocycles. The fourth-order valence-corrected chi connectivity index (χ4v) is 3.25. The molecule has 26 heavy (non-hydrogen) atoms. The third-order valence-corrected chi connectivity index (χ3v) is 4.81. The van der Waals surface area contributed by atoms with Crippen LogP contribution in [0.5, 0.6) is 5.75 Å². The van der Waals surface area contributed by atoms with Crippen LogP contribution in [0.2, 0.25) is 0 Å². The molecule has 1 aromatic carbocycles. The number of aliphatic hydroxyl groups excluding tert-OH is 2. The molecule has 1 aliphatic heterocycles. The molecule has 3 atom stereocenters. The Labute approximate surface area is 161 Å². The summed E-state index contributed by atoms with van der Waals surface area (Å²) in [6, 6.07) is 8.00. The zero-order valence-corrected chi connectivity index (χ0v) is 16.5. The number of hydrogen-bond donors (Lipinski definition) is 2. The Morgan fingerprint density at radius 3 is 2.54 bits per heavy atom. The lowest BCUT2D eigenvalue weighted by Crippen LogP contribution is -2.38. The molecular weight excluding hydrogens is 352 g/mol. The Balaban J connectivity index is 2.11. The monoisotopic (exact) mass is 380 g/mol. The number of allylic oxidation sites excluding steroid dienone is 3. The van der Waals surface area contributed by atoms with E-state index in [9.17, 15) is 10.2 Å². The van der Waals surface area contributed by atoms with E-state index in [2.05, 4.69) is 0 Å². The first kappa shape index (κ1) is 21.0. The quantitative estimate of drug-likeness (QED) is 0.702. The van der Waals surface area contributed by atoms with Crippen LogP contribution in [0.25, 0.3) is 0 Å². The van der Waals surface area contributed by atoms with Gasteiger partial charge in [0.15, 0.2) is 0 Å². The minimum atomic E-state index is -0.454. The van der Waals surface area contributed by atoms with Gasteiger partial charge in [-0.3, -0.25) is 0 Å². The average Bonchev–Trinajstić information content (AvgIpc) is 2.62. The molecule has 0 spiro atoms. The van der Waals surface area contributed by atoms with Crippen molar-refractivity contribution >= 4 is 11.6 Å². The number of rotatable bonds is 7. The second-order valence-corrected chi connectivity index (χ2v) is 7.32. The van der Waals surface area contributed by atoms with E-state index in [0.29, 0.717) is 25.9 Å². The molecule has 1 aliphatic rings. The van der Waals surface area contributed by atoms with Crippen molar-refractivity contribution in [2.24, 2.45) is 0 Å². The van der Waals surface area contributed by atoms with Gasteiger partial charge < -0.3 is 19.7 Å². The number of aliphatic hydroxyl groups is 2. The van der Waals surface area contributed by atoms with E-state index in [4.69, 9.17) is 21.1 Å². The first-order chi connectivity index (χ1) is 12.4. The Morgan fingerprint density at radius 1 is 1.27 bits per heavy atom. The number of benzene rings is 1. The second-order valence-electron chi connectivity index (χ2n) is 6.76. The molecule has 144 valence electrons. The van der Waals surface area contributed by atoms with Crippen LogP contribution in [0.1, 0.15) is 39.2 Å². The Hall–Kier alpha value is -1.33. The third kappa shape index (κ3) is 6.13. The zero-order chi connectivity index (χ0) is 19.1. The summed E-state index contributed by atoms with van der Waals surface area (Å²) >= 11 is 6.32. The van der Waals surface area contributed by atoms with Gasteiger partial charge in [0.05, 0.1) is 31.5 Å². The maximum absolute atomic E-state index is 10.0. The fourth-order valence-electron chi connectivity index (χ4n) is 3.13. The largest absolute Gasteiger partial charge is 0.494 e. The van der Waals surface area contributed by atoms with Crippen LogP contribution in [0.3, 0.4) is 0 Å². The van der Waals surface area contributed by atoms with Crippen LogP contribution in [-0.4, -0.2) is 41.7 Å². The van der Waals surface area contributed by atoms with Gasteiger partial charge in [-0.1, -0.05) is 29.8 Å². The van der Waals surface area contributed by atoms with Gasteiger partial charge in [-0.25, -0.2) is 0 Å². The van der Waals surface area contributed by atoms with E-state index in [1.54, 1.807) is 0 Å². The lowest BCUT2D eigenvalue weighted by Gasteiger charge is -2.33. The molecule has 1 fully saturated rings. The van der Waals surface area contributed by atoms with Gasteiger partial charge in [-0.05, 0) is 56.0 Å². The lowest BCUT2D eigenvalue weighted by atomic mass is 9.94. The summed E-state index contributed by atoms with van der Waals surface area (Å²) in [4.78, 5) is 0. The van der Waals surface area contributed by atoms with Crippen LogP contribution < -0.4 is 4.74 Å². The Bertz CT molecular complexity index is 632. The summed E-state index contributed by atoms with van der Waals surface area (Å²) < 4.78 is 11.4. The minimum Gasteiger partial charge on any atom is -0.494 e.